The lowest BCUT2D eigenvalue weighted by Crippen LogP contribution is -2.36. The number of carbonyl (C=O) groups excluding carboxylic acids is 1. The van der Waals surface area contributed by atoms with Crippen LogP contribution >= 0.6 is 0 Å². The van der Waals surface area contributed by atoms with Crippen molar-refractivity contribution in [1.29, 1.82) is 0 Å². The minimum absolute atomic E-state index is 0.0652. The molecule has 1 atom stereocenters. The Morgan fingerprint density at radius 3 is 2.85 bits per heavy atom. The number of carbonyl (C=O) groups is 1. The van der Waals surface area contributed by atoms with Gasteiger partial charge in [0.2, 0.25) is 5.96 Å². The third-order valence-corrected chi connectivity index (χ3v) is 4.08. The Morgan fingerprint density at radius 2 is 2.12 bits per heavy atom. The molecule has 1 amide bonds. The summed E-state index contributed by atoms with van der Waals surface area (Å²) in [4.78, 5) is 16.9. The van der Waals surface area contributed by atoms with Gasteiger partial charge in [-0.3, -0.25) is 10.1 Å². The smallest absolute Gasteiger partial charge is 0.258 e. The van der Waals surface area contributed by atoms with E-state index in [1.54, 1.807) is 6.07 Å². The van der Waals surface area contributed by atoms with Crippen LogP contribution in [0.3, 0.4) is 0 Å². The minimum atomic E-state index is -0.456. The summed E-state index contributed by atoms with van der Waals surface area (Å²) in [5, 5.41) is 5.86. The van der Waals surface area contributed by atoms with E-state index in [0.717, 1.165) is 30.7 Å². The number of anilines is 1. The highest BCUT2D eigenvalue weighted by molar-refractivity contribution is 6.09. The number of guanidine groups is 1. The predicted molar refractivity (Wildman–Crippen MR) is 99.9 cm³/mol. The van der Waals surface area contributed by atoms with Crippen molar-refractivity contribution in [2.45, 2.75) is 25.9 Å². The SMILES string of the molecule is Cc1cccc(NC(=NC[C@@H]2CCCO2)NC(=O)c2cccc(F)c2)c1. The van der Waals surface area contributed by atoms with Gasteiger partial charge in [0.15, 0.2) is 0 Å². The second-order valence-electron chi connectivity index (χ2n) is 6.28. The Hall–Kier alpha value is -2.73. The zero-order chi connectivity index (χ0) is 18.4. The van der Waals surface area contributed by atoms with Crippen LogP contribution in [0.25, 0.3) is 0 Å². The van der Waals surface area contributed by atoms with Crippen LogP contribution in [-0.4, -0.2) is 31.1 Å². The molecule has 1 aliphatic rings. The molecule has 136 valence electrons. The van der Waals surface area contributed by atoms with Crippen LogP contribution in [0.5, 0.6) is 0 Å². The summed E-state index contributed by atoms with van der Waals surface area (Å²) in [6.45, 7) is 3.19. The first-order valence-electron chi connectivity index (χ1n) is 8.67. The average Bonchev–Trinajstić information content (AvgIpc) is 3.13. The van der Waals surface area contributed by atoms with Crippen LogP contribution in [0.15, 0.2) is 53.5 Å². The van der Waals surface area contributed by atoms with Crippen molar-refractivity contribution in [3.8, 4) is 0 Å². The third kappa shape index (κ3) is 5.13. The number of aryl methyl sites for hydroxylation is 1. The molecule has 6 heteroatoms. The first-order valence-corrected chi connectivity index (χ1v) is 8.67. The van der Waals surface area contributed by atoms with Crippen LogP contribution < -0.4 is 10.6 Å². The quantitative estimate of drug-likeness (QED) is 0.652. The number of hydrogen-bond donors (Lipinski definition) is 2. The van der Waals surface area contributed by atoms with Crippen molar-refractivity contribution in [3.63, 3.8) is 0 Å². The van der Waals surface area contributed by atoms with Gasteiger partial charge in [0.25, 0.3) is 5.91 Å². The fraction of sp³-hybridized carbons (Fsp3) is 0.300. The Bertz CT molecular complexity index is 801. The first kappa shape index (κ1) is 18.1. The Kier molecular flexibility index (Phi) is 5.96. The molecule has 3 rings (SSSR count). The van der Waals surface area contributed by atoms with Gasteiger partial charge in [-0.2, -0.15) is 0 Å². The van der Waals surface area contributed by atoms with Crippen molar-refractivity contribution < 1.29 is 13.9 Å². The van der Waals surface area contributed by atoms with E-state index in [1.807, 2.05) is 31.2 Å². The van der Waals surface area contributed by atoms with Gasteiger partial charge in [0.1, 0.15) is 5.82 Å². The molecule has 0 unspecified atom stereocenters. The summed E-state index contributed by atoms with van der Waals surface area (Å²) >= 11 is 0. The highest BCUT2D eigenvalue weighted by Gasteiger charge is 2.16. The molecule has 2 aromatic rings. The van der Waals surface area contributed by atoms with E-state index in [1.165, 1.54) is 18.2 Å². The third-order valence-electron chi connectivity index (χ3n) is 4.08. The van der Waals surface area contributed by atoms with Crippen LogP contribution in [0, 0.1) is 12.7 Å². The van der Waals surface area contributed by atoms with E-state index in [4.69, 9.17) is 4.74 Å². The van der Waals surface area contributed by atoms with Crippen molar-refractivity contribution in [2.24, 2.45) is 4.99 Å². The van der Waals surface area contributed by atoms with Gasteiger partial charge >= 0.3 is 0 Å². The maximum absolute atomic E-state index is 13.4. The molecule has 0 bridgehead atoms. The number of halogens is 1. The number of hydrogen-bond acceptors (Lipinski definition) is 3. The van der Waals surface area contributed by atoms with Gasteiger partial charge in [-0.1, -0.05) is 18.2 Å². The molecule has 0 saturated carbocycles. The molecule has 1 aliphatic heterocycles. The zero-order valence-corrected chi connectivity index (χ0v) is 14.7. The lowest BCUT2D eigenvalue weighted by Gasteiger charge is -2.14. The lowest BCUT2D eigenvalue weighted by atomic mass is 10.2. The summed E-state index contributed by atoms with van der Waals surface area (Å²) in [7, 11) is 0. The Labute approximate surface area is 152 Å². The second-order valence-corrected chi connectivity index (χ2v) is 6.28. The van der Waals surface area contributed by atoms with Gasteiger partial charge in [-0.05, 0) is 55.7 Å². The number of ether oxygens (including phenoxy) is 1. The molecule has 1 heterocycles. The standard InChI is InChI=1S/C20H22FN3O2/c1-14-5-2-8-17(11-14)23-20(22-13-18-9-4-10-26-18)24-19(25)15-6-3-7-16(21)12-15/h2-3,5-8,11-12,18H,4,9-10,13H2,1H3,(H2,22,23,24,25)/t18-/m0/s1. The molecule has 5 nitrogen and oxygen atoms in total. The summed E-state index contributed by atoms with van der Waals surface area (Å²) in [5.41, 5.74) is 2.14. The minimum Gasteiger partial charge on any atom is -0.376 e. The van der Waals surface area contributed by atoms with Gasteiger partial charge in [0.05, 0.1) is 12.6 Å². The van der Waals surface area contributed by atoms with E-state index in [0.29, 0.717) is 12.5 Å². The van der Waals surface area contributed by atoms with E-state index >= 15 is 0 Å². The summed E-state index contributed by atoms with van der Waals surface area (Å²) in [6, 6.07) is 13.3. The monoisotopic (exact) mass is 355 g/mol. The summed E-state index contributed by atoms with van der Waals surface area (Å²) in [5.74, 6) is -0.557. The normalized spacial score (nSPS) is 17.2. The molecule has 0 radical (unpaired) electrons. The van der Waals surface area contributed by atoms with E-state index < -0.39 is 11.7 Å². The lowest BCUT2D eigenvalue weighted by molar-refractivity contribution is 0.0975. The molecule has 0 spiro atoms. The number of aliphatic imine (C=N–C) groups is 1. The highest BCUT2D eigenvalue weighted by Crippen LogP contribution is 2.13. The van der Waals surface area contributed by atoms with Crippen LogP contribution in [-0.2, 0) is 4.74 Å². The summed E-state index contributed by atoms with van der Waals surface area (Å²) < 4.78 is 18.9. The molecule has 0 aliphatic carbocycles. The predicted octanol–water partition coefficient (Wildman–Crippen LogP) is 3.51. The maximum Gasteiger partial charge on any atom is 0.258 e. The maximum atomic E-state index is 13.4. The van der Waals surface area contributed by atoms with Crippen LogP contribution in [0.2, 0.25) is 0 Å². The van der Waals surface area contributed by atoms with Gasteiger partial charge in [-0.15, -0.1) is 0 Å². The van der Waals surface area contributed by atoms with Crippen molar-refractivity contribution in [3.05, 3.63) is 65.5 Å². The fourth-order valence-electron chi connectivity index (χ4n) is 2.76. The molecule has 1 fully saturated rings. The average molecular weight is 355 g/mol. The highest BCUT2D eigenvalue weighted by atomic mass is 19.1. The molecule has 2 N–H and O–H groups in total. The van der Waals surface area contributed by atoms with Crippen molar-refractivity contribution in [2.75, 3.05) is 18.5 Å². The number of nitrogens with zero attached hydrogens (tertiary/aromatic N) is 1. The number of benzene rings is 2. The number of rotatable bonds is 4. The van der Waals surface area contributed by atoms with Gasteiger partial charge in [0, 0.05) is 17.9 Å². The topological polar surface area (TPSA) is 62.7 Å². The van der Waals surface area contributed by atoms with Crippen molar-refractivity contribution in [1.82, 2.24) is 5.32 Å². The van der Waals surface area contributed by atoms with E-state index in [-0.39, 0.29) is 11.7 Å². The van der Waals surface area contributed by atoms with Gasteiger partial charge < -0.3 is 10.1 Å². The molecule has 2 aromatic carbocycles. The largest absolute Gasteiger partial charge is 0.376 e. The van der Waals surface area contributed by atoms with Crippen molar-refractivity contribution >= 4 is 17.6 Å². The zero-order valence-electron chi connectivity index (χ0n) is 14.7. The van der Waals surface area contributed by atoms with E-state index in [9.17, 15) is 9.18 Å². The molecule has 26 heavy (non-hydrogen) atoms. The first-order chi connectivity index (χ1) is 12.6. The van der Waals surface area contributed by atoms with Gasteiger partial charge in [-0.25, -0.2) is 9.38 Å². The molecule has 1 saturated heterocycles. The second kappa shape index (κ2) is 8.58. The van der Waals surface area contributed by atoms with Crippen LogP contribution in [0.1, 0.15) is 28.8 Å². The van der Waals surface area contributed by atoms with E-state index in [2.05, 4.69) is 15.6 Å². The molecule has 0 aromatic heterocycles. The fourth-order valence-corrected chi connectivity index (χ4v) is 2.76. The Morgan fingerprint density at radius 1 is 1.27 bits per heavy atom. The summed E-state index contributed by atoms with van der Waals surface area (Å²) in [6.07, 6.45) is 2.05. The Balaban J connectivity index is 1.75. The van der Waals surface area contributed by atoms with Crippen LogP contribution in [0.4, 0.5) is 10.1 Å². The molecular weight excluding hydrogens is 333 g/mol. The number of nitrogens with one attached hydrogen (secondary N) is 2. The number of amides is 1. The molecular formula is C20H22FN3O2.